The zero-order chi connectivity index (χ0) is 26.1. The molecular weight excluding hydrogens is 486 g/mol. The maximum Gasteiger partial charge on any atom is 0.182 e. The molecule has 1 aliphatic carbocycles. The lowest BCUT2D eigenvalue weighted by Crippen LogP contribution is -2.81. The second-order valence-corrected chi connectivity index (χ2v) is 12.0. The first-order valence-corrected chi connectivity index (χ1v) is 14.5. The van der Waals surface area contributed by atoms with Gasteiger partial charge in [0, 0.05) is 32.8 Å². The molecular formula is C37H28N3+. The van der Waals surface area contributed by atoms with Crippen molar-refractivity contribution >= 4 is 54.4 Å². The number of benzene rings is 5. The highest BCUT2D eigenvalue weighted by Gasteiger charge is 2.49. The minimum absolute atomic E-state index is 0.345. The number of quaternary nitrogens is 1. The molecule has 3 unspecified atom stereocenters. The van der Waals surface area contributed by atoms with Crippen molar-refractivity contribution in [3.63, 3.8) is 0 Å². The van der Waals surface area contributed by atoms with Crippen LogP contribution in [-0.4, -0.2) is 9.13 Å². The van der Waals surface area contributed by atoms with Gasteiger partial charge >= 0.3 is 0 Å². The van der Waals surface area contributed by atoms with E-state index in [4.69, 9.17) is 0 Å². The molecule has 4 heterocycles. The summed E-state index contributed by atoms with van der Waals surface area (Å²) in [6, 6.07) is 36.3. The lowest BCUT2D eigenvalue weighted by Gasteiger charge is -2.16. The first-order chi connectivity index (χ1) is 19.8. The predicted molar refractivity (Wildman–Crippen MR) is 165 cm³/mol. The number of aromatic nitrogens is 2. The van der Waals surface area contributed by atoms with Crippen LogP contribution in [0.15, 0.2) is 120 Å². The molecule has 3 heteroatoms. The Morgan fingerprint density at radius 3 is 2.40 bits per heavy atom. The first kappa shape index (κ1) is 21.2. The summed E-state index contributed by atoms with van der Waals surface area (Å²) in [5, 5.41) is 10.5. The summed E-state index contributed by atoms with van der Waals surface area (Å²) in [5.41, 5.74) is 11.0. The van der Waals surface area contributed by atoms with Gasteiger partial charge in [-0.2, -0.15) is 0 Å². The maximum absolute atomic E-state index is 2.64. The van der Waals surface area contributed by atoms with Gasteiger partial charge in [0.15, 0.2) is 6.17 Å². The van der Waals surface area contributed by atoms with Crippen molar-refractivity contribution in [2.24, 2.45) is 5.92 Å². The Labute approximate surface area is 231 Å². The van der Waals surface area contributed by atoms with E-state index in [-0.39, 0.29) is 0 Å². The lowest BCUT2D eigenvalue weighted by atomic mass is 9.86. The van der Waals surface area contributed by atoms with Crippen molar-refractivity contribution in [1.82, 2.24) is 9.13 Å². The van der Waals surface area contributed by atoms with E-state index >= 15 is 0 Å². The molecule has 0 amide bonds. The summed E-state index contributed by atoms with van der Waals surface area (Å²) in [6.45, 7) is 2.34. The van der Waals surface area contributed by atoms with Gasteiger partial charge in [0.05, 0.1) is 28.0 Å². The van der Waals surface area contributed by atoms with Gasteiger partial charge in [-0.3, -0.25) is 9.88 Å². The van der Waals surface area contributed by atoms with Crippen molar-refractivity contribution in [1.29, 1.82) is 0 Å². The Morgan fingerprint density at radius 1 is 0.725 bits per heavy atom. The minimum atomic E-state index is 0.345. The van der Waals surface area contributed by atoms with Gasteiger partial charge in [0.2, 0.25) is 0 Å². The molecule has 3 aliphatic rings. The fraction of sp³-hybridized carbons (Fsp3) is 0.135. The maximum atomic E-state index is 2.64. The van der Waals surface area contributed by atoms with E-state index in [1.54, 1.807) is 0 Å². The molecule has 3 atom stereocenters. The zero-order valence-electron chi connectivity index (χ0n) is 22.3. The largest absolute Gasteiger partial charge is 0.309 e. The molecule has 0 saturated carbocycles. The van der Waals surface area contributed by atoms with Crippen molar-refractivity contribution < 1.29 is 5.32 Å². The fourth-order valence-electron chi connectivity index (χ4n) is 8.24. The summed E-state index contributed by atoms with van der Waals surface area (Å²) in [7, 11) is 0. The van der Waals surface area contributed by atoms with Crippen LogP contribution in [0.5, 0.6) is 0 Å². The Balaban J connectivity index is 1.34. The number of nitrogens with zero attached hydrogens (tertiary/aromatic N) is 2. The second kappa shape index (κ2) is 7.32. The third kappa shape index (κ3) is 2.50. The van der Waals surface area contributed by atoms with Crippen LogP contribution in [0.3, 0.4) is 0 Å². The van der Waals surface area contributed by atoms with Gasteiger partial charge in [-0.25, -0.2) is 0 Å². The van der Waals surface area contributed by atoms with Crippen molar-refractivity contribution in [3.05, 3.63) is 126 Å². The first-order valence-electron chi connectivity index (χ1n) is 14.5. The Morgan fingerprint density at radius 2 is 1.50 bits per heavy atom. The van der Waals surface area contributed by atoms with E-state index in [0.717, 1.165) is 6.42 Å². The van der Waals surface area contributed by atoms with Gasteiger partial charge < -0.3 is 4.57 Å². The SMILES string of the molecule is CC1C=C2[NH2+]C3C(C2=CC1)c1cc(-n2c4ccccc4c4c5ccccc5ccc42)cc2c4ccccc4n3c12. The number of nitrogens with two attached hydrogens (primary N) is 1. The summed E-state index contributed by atoms with van der Waals surface area (Å²) in [6.07, 6.45) is 6.51. The van der Waals surface area contributed by atoms with Crippen LogP contribution in [0, 0.1) is 5.92 Å². The number of hydrogen-bond acceptors (Lipinski definition) is 0. The second-order valence-electron chi connectivity index (χ2n) is 12.0. The molecule has 190 valence electrons. The number of allylic oxidation sites excluding steroid dienone is 3. The van der Waals surface area contributed by atoms with E-state index < -0.39 is 0 Å². The topological polar surface area (TPSA) is 26.5 Å². The van der Waals surface area contributed by atoms with Crippen molar-refractivity contribution in [3.8, 4) is 5.69 Å². The smallest absolute Gasteiger partial charge is 0.182 e. The summed E-state index contributed by atoms with van der Waals surface area (Å²) < 4.78 is 5.15. The predicted octanol–water partition coefficient (Wildman–Crippen LogP) is 8.07. The highest BCUT2D eigenvalue weighted by molar-refractivity contribution is 6.21. The quantitative estimate of drug-likeness (QED) is 0.229. The third-order valence-corrected chi connectivity index (χ3v) is 9.81. The monoisotopic (exact) mass is 514 g/mol. The van der Waals surface area contributed by atoms with E-state index in [9.17, 15) is 0 Å². The molecule has 1 saturated heterocycles. The van der Waals surface area contributed by atoms with E-state index in [1.807, 2.05) is 0 Å². The lowest BCUT2D eigenvalue weighted by molar-refractivity contribution is -0.649. The van der Waals surface area contributed by atoms with Crippen molar-refractivity contribution in [2.45, 2.75) is 25.4 Å². The number of hydrogen-bond donors (Lipinski definition) is 1. The van der Waals surface area contributed by atoms with Gasteiger partial charge in [-0.15, -0.1) is 0 Å². The number of rotatable bonds is 1. The standard InChI is InChI=1S/C37H27N3/c1-21-14-16-26-30(18-21)38-37-35(26)29-20-23(19-28-25-10-4-6-12-31(25)40(37)36(28)29)39-32-13-7-5-11-27(32)34-24-9-3-2-8-22(24)15-17-33(34)39/h2-13,15-21,35,37-38H,14H2,1H3/p+1. The molecule has 2 aliphatic heterocycles. The van der Waals surface area contributed by atoms with Crippen LogP contribution in [0.25, 0.3) is 60.1 Å². The van der Waals surface area contributed by atoms with Gasteiger partial charge in [-0.05, 0) is 65.1 Å². The highest BCUT2D eigenvalue weighted by Crippen LogP contribution is 2.53. The Kier molecular flexibility index (Phi) is 3.89. The molecule has 10 rings (SSSR count). The third-order valence-electron chi connectivity index (χ3n) is 9.81. The minimum Gasteiger partial charge on any atom is -0.309 e. The van der Waals surface area contributed by atoms with Gasteiger partial charge in [0.25, 0.3) is 0 Å². The van der Waals surface area contributed by atoms with E-state index in [2.05, 4.69) is 131 Å². The normalized spacial score (nSPS) is 21.5. The molecule has 1 fully saturated rings. The Bertz CT molecular complexity index is 2310. The van der Waals surface area contributed by atoms with Crippen LogP contribution < -0.4 is 5.32 Å². The zero-order valence-corrected chi connectivity index (χ0v) is 22.3. The molecule has 0 spiro atoms. The van der Waals surface area contributed by atoms with Crippen LogP contribution in [-0.2, 0) is 0 Å². The summed E-state index contributed by atoms with van der Waals surface area (Å²) in [4.78, 5) is 0. The van der Waals surface area contributed by atoms with Crippen LogP contribution in [0.2, 0.25) is 0 Å². The molecule has 2 aromatic heterocycles. The molecule has 0 bridgehead atoms. The molecule has 2 N–H and O–H groups in total. The molecule has 3 nitrogen and oxygen atoms in total. The van der Waals surface area contributed by atoms with Gasteiger partial charge in [0.1, 0.15) is 5.70 Å². The van der Waals surface area contributed by atoms with Crippen molar-refractivity contribution in [2.75, 3.05) is 0 Å². The fourth-order valence-corrected chi connectivity index (χ4v) is 8.24. The van der Waals surface area contributed by atoms with E-state index in [0.29, 0.717) is 18.0 Å². The highest BCUT2D eigenvalue weighted by atomic mass is 15.2. The summed E-state index contributed by atoms with van der Waals surface area (Å²) in [5.74, 6) is 0.989. The van der Waals surface area contributed by atoms with Crippen LogP contribution in [0.1, 0.15) is 31.0 Å². The van der Waals surface area contributed by atoms with Crippen LogP contribution >= 0.6 is 0 Å². The molecule has 7 aromatic rings. The molecule has 5 aromatic carbocycles. The van der Waals surface area contributed by atoms with Crippen LogP contribution in [0.4, 0.5) is 0 Å². The average Bonchev–Trinajstić information content (AvgIpc) is 3.71. The molecule has 40 heavy (non-hydrogen) atoms. The number of fused-ring (bicyclic) bond motifs is 13. The molecule has 0 radical (unpaired) electrons. The van der Waals surface area contributed by atoms with Gasteiger partial charge in [-0.1, -0.05) is 79.7 Å². The number of para-hydroxylation sites is 2. The summed E-state index contributed by atoms with van der Waals surface area (Å²) >= 11 is 0. The van der Waals surface area contributed by atoms with E-state index in [1.165, 1.54) is 76.9 Å². The average molecular weight is 515 g/mol. The Hall–Kier alpha value is -4.60.